The Morgan fingerprint density at radius 3 is 2.33 bits per heavy atom. The van der Waals surface area contributed by atoms with Crippen molar-refractivity contribution >= 4 is 45.9 Å². The zero-order chi connectivity index (χ0) is 18.6. The first-order chi connectivity index (χ1) is 13.1. The lowest BCUT2D eigenvalue weighted by atomic mass is 9.91. The van der Waals surface area contributed by atoms with Gasteiger partial charge in [-0.2, -0.15) is 0 Å². The van der Waals surface area contributed by atoms with E-state index in [2.05, 4.69) is 17.4 Å². The van der Waals surface area contributed by atoms with Gasteiger partial charge in [0.15, 0.2) is 5.66 Å². The summed E-state index contributed by atoms with van der Waals surface area (Å²) in [5, 5.41) is 9.63. The molecule has 0 aromatic carbocycles. The maximum Gasteiger partial charge on any atom is 0.303 e. The van der Waals surface area contributed by atoms with Crippen molar-refractivity contribution in [1.29, 1.82) is 0 Å². The number of β-lactam (4-membered cyclic amide) rings is 1. The summed E-state index contributed by atoms with van der Waals surface area (Å²) in [4.78, 5) is 29.9. The number of esters is 1. The summed E-state index contributed by atoms with van der Waals surface area (Å²) in [5.74, 6) is -0.582. The normalized spacial score (nSPS) is 29.4. The van der Waals surface area contributed by atoms with Crippen LogP contribution in [0.3, 0.4) is 0 Å². The molecule has 2 aliphatic rings. The van der Waals surface area contributed by atoms with Crippen LogP contribution in [0.15, 0.2) is 52.5 Å². The van der Waals surface area contributed by atoms with Crippen molar-refractivity contribution in [1.82, 2.24) is 10.2 Å². The van der Waals surface area contributed by atoms with Crippen LogP contribution in [-0.4, -0.2) is 22.9 Å². The zero-order valence-electron chi connectivity index (χ0n) is 14.3. The lowest BCUT2D eigenvalue weighted by molar-refractivity contribution is -0.189. The van der Waals surface area contributed by atoms with Crippen LogP contribution in [-0.2, 0) is 20.0 Å². The molecule has 2 aliphatic heterocycles. The number of hydrogen-bond acceptors (Lipinski definition) is 7. The Hall–Kier alpha value is -2.00. The van der Waals surface area contributed by atoms with Crippen molar-refractivity contribution in [2.75, 3.05) is 0 Å². The smallest absolute Gasteiger partial charge is 0.303 e. The predicted octanol–water partition coefficient (Wildman–Crippen LogP) is 3.88. The third-order valence-electron chi connectivity index (χ3n) is 4.98. The molecule has 5 rings (SSSR count). The largest absolute Gasteiger partial charge is 0.450 e. The van der Waals surface area contributed by atoms with Crippen molar-refractivity contribution in [3.05, 3.63) is 67.2 Å². The number of rotatable bonds is 5. The molecular formula is C19H16N2O3S3. The molecule has 0 saturated carbocycles. The van der Waals surface area contributed by atoms with E-state index in [1.54, 1.807) is 34.0 Å². The van der Waals surface area contributed by atoms with Crippen LogP contribution in [0, 0.1) is 0 Å². The van der Waals surface area contributed by atoms with Gasteiger partial charge in [0, 0.05) is 21.6 Å². The molecule has 0 bridgehead atoms. The minimum atomic E-state index is -0.760. The van der Waals surface area contributed by atoms with Gasteiger partial charge in [0.25, 0.3) is 5.91 Å². The summed E-state index contributed by atoms with van der Waals surface area (Å²) >= 11 is 4.89. The third-order valence-corrected chi connectivity index (χ3v) is 7.85. The molecule has 2 fully saturated rings. The van der Waals surface area contributed by atoms with Crippen molar-refractivity contribution in [3.63, 3.8) is 0 Å². The number of carbonyl (C=O) groups is 2. The number of ether oxygens (including phenoxy) is 1. The molecule has 3 aromatic heterocycles. The van der Waals surface area contributed by atoms with Gasteiger partial charge in [0.05, 0.1) is 6.04 Å². The SMILES string of the molecule is CC(=O)OC1C(=O)N([C@@]2(c3cccs3)N[C@H]2c2cccs2)C1c1cccs1. The molecular weight excluding hydrogens is 400 g/mol. The standard InChI is InChI=1S/C19H16N2O3S3/c1-11(22)24-16-15(12-5-2-8-25-12)21(18(16)23)19(14-7-4-10-27-14)17(20-19)13-6-3-9-26-13/h2-10,15-17,20H,1H3/t15?,16?,17-,19+/m0/s1. The van der Waals surface area contributed by atoms with E-state index in [0.717, 1.165) is 9.75 Å². The van der Waals surface area contributed by atoms with Crippen LogP contribution in [0.2, 0.25) is 0 Å². The molecule has 0 radical (unpaired) electrons. The fourth-order valence-corrected chi connectivity index (χ4v) is 6.42. The number of likely N-dealkylation sites (tertiary alicyclic amines) is 1. The highest BCUT2D eigenvalue weighted by molar-refractivity contribution is 7.11. The van der Waals surface area contributed by atoms with E-state index in [1.165, 1.54) is 11.8 Å². The number of nitrogens with one attached hydrogen (secondary N) is 1. The molecule has 5 nitrogen and oxygen atoms in total. The second-order valence-corrected chi connectivity index (χ2v) is 9.44. The molecule has 3 aromatic rings. The topological polar surface area (TPSA) is 68.6 Å². The number of nitrogens with zero attached hydrogens (tertiary/aromatic N) is 1. The minimum Gasteiger partial charge on any atom is -0.450 e. The van der Waals surface area contributed by atoms with Crippen LogP contribution in [0.25, 0.3) is 0 Å². The van der Waals surface area contributed by atoms with E-state index in [4.69, 9.17) is 4.74 Å². The maximum atomic E-state index is 13.1. The lowest BCUT2D eigenvalue weighted by Gasteiger charge is -2.49. The van der Waals surface area contributed by atoms with E-state index >= 15 is 0 Å². The van der Waals surface area contributed by atoms with Gasteiger partial charge in [0.1, 0.15) is 6.04 Å². The Morgan fingerprint density at radius 2 is 1.74 bits per heavy atom. The second kappa shape index (κ2) is 6.27. The van der Waals surface area contributed by atoms with Gasteiger partial charge in [-0.15, -0.1) is 34.0 Å². The number of hydrogen-bond donors (Lipinski definition) is 1. The lowest BCUT2D eigenvalue weighted by Crippen LogP contribution is -2.64. The van der Waals surface area contributed by atoms with Crippen LogP contribution < -0.4 is 5.32 Å². The average molecular weight is 417 g/mol. The van der Waals surface area contributed by atoms with E-state index in [1.807, 2.05) is 45.3 Å². The summed E-state index contributed by atoms with van der Waals surface area (Å²) < 4.78 is 5.39. The Morgan fingerprint density at radius 1 is 1.07 bits per heavy atom. The predicted molar refractivity (Wildman–Crippen MR) is 106 cm³/mol. The maximum absolute atomic E-state index is 13.1. The van der Waals surface area contributed by atoms with Crippen molar-refractivity contribution in [2.45, 2.75) is 30.8 Å². The first-order valence-electron chi connectivity index (χ1n) is 8.52. The van der Waals surface area contributed by atoms with E-state index in [9.17, 15) is 9.59 Å². The first kappa shape index (κ1) is 17.1. The summed E-state index contributed by atoms with van der Waals surface area (Å²) in [6, 6.07) is 11.9. The zero-order valence-corrected chi connectivity index (χ0v) is 16.8. The first-order valence-corrected chi connectivity index (χ1v) is 11.2. The van der Waals surface area contributed by atoms with Crippen molar-refractivity contribution < 1.29 is 14.3 Å². The Labute approximate surface area is 168 Å². The van der Waals surface area contributed by atoms with E-state index in [0.29, 0.717) is 0 Å². The van der Waals surface area contributed by atoms with Crippen LogP contribution in [0.1, 0.15) is 33.6 Å². The minimum absolute atomic E-state index is 0.0424. The van der Waals surface area contributed by atoms with Gasteiger partial charge < -0.3 is 9.64 Å². The second-order valence-electron chi connectivity index (χ2n) is 6.53. The van der Waals surface area contributed by atoms with Crippen LogP contribution in [0.4, 0.5) is 0 Å². The molecule has 0 spiro atoms. The summed E-state index contributed by atoms with van der Waals surface area (Å²) in [6.45, 7) is 1.35. The summed E-state index contributed by atoms with van der Waals surface area (Å²) in [7, 11) is 0. The Bertz CT molecular complexity index is 968. The molecule has 8 heteroatoms. The van der Waals surface area contributed by atoms with E-state index in [-0.39, 0.29) is 18.0 Å². The van der Waals surface area contributed by atoms with Gasteiger partial charge in [-0.25, -0.2) is 0 Å². The molecule has 2 unspecified atom stereocenters. The van der Waals surface area contributed by atoms with Gasteiger partial charge in [0.2, 0.25) is 6.10 Å². The summed E-state index contributed by atoms with van der Waals surface area (Å²) in [6.07, 6.45) is -0.760. The Balaban J connectivity index is 1.58. The fourth-order valence-electron chi connectivity index (χ4n) is 3.83. The number of carbonyl (C=O) groups excluding carboxylic acids is 2. The highest BCUT2D eigenvalue weighted by Crippen LogP contribution is 2.60. The molecule has 2 saturated heterocycles. The van der Waals surface area contributed by atoms with E-state index < -0.39 is 17.7 Å². The Kier molecular flexibility index (Phi) is 3.98. The van der Waals surface area contributed by atoms with Crippen LogP contribution in [0.5, 0.6) is 0 Å². The van der Waals surface area contributed by atoms with Gasteiger partial charge >= 0.3 is 5.97 Å². The quantitative estimate of drug-likeness (QED) is 0.389. The van der Waals surface area contributed by atoms with Gasteiger partial charge in [-0.1, -0.05) is 18.2 Å². The molecule has 27 heavy (non-hydrogen) atoms. The summed E-state index contributed by atoms with van der Waals surface area (Å²) in [5.41, 5.74) is -0.582. The van der Waals surface area contributed by atoms with Crippen LogP contribution >= 0.6 is 34.0 Å². The van der Waals surface area contributed by atoms with Crippen molar-refractivity contribution in [3.8, 4) is 0 Å². The van der Waals surface area contributed by atoms with Gasteiger partial charge in [-0.3, -0.25) is 14.9 Å². The molecule has 4 atom stereocenters. The fraction of sp³-hybridized carbons (Fsp3) is 0.263. The van der Waals surface area contributed by atoms with Crippen molar-refractivity contribution in [2.24, 2.45) is 0 Å². The highest BCUT2D eigenvalue weighted by Gasteiger charge is 2.70. The molecule has 0 aliphatic carbocycles. The monoisotopic (exact) mass is 416 g/mol. The highest BCUT2D eigenvalue weighted by atomic mass is 32.1. The third kappa shape index (κ3) is 2.51. The molecule has 138 valence electrons. The van der Waals surface area contributed by atoms with Gasteiger partial charge in [-0.05, 0) is 34.3 Å². The average Bonchev–Trinajstić information content (AvgIpc) is 3.23. The molecule has 1 amide bonds. The number of thiophene rings is 3. The number of amides is 1. The molecule has 1 N–H and O–H groups in total. The molecule has 5 heterocycles.